The molecule has 1 aromatic carbocycles. The van der Waals surface area contributed by atoms with Gasteiger partial charge in [0.15, 0.2) is 0 Å². The maximum atomic E-state index is 12.0. The van der Waals surface area contributed by atoms with Crippen LogP contribution in [0.1, 0.15) is 36.3 Å². The third kappa shape index (κ3) is 4.18. The summed E-state index contributed by atoms with van der Waals surface area (Å²) in [4.78, 5) is 16.5. The molecule has 0 radical (unpaired) electrons. The third-order valence-electron chi connectivity index (χ3n) is 4.38. The number of aromatic nitrogens is 1. The number of benzene rings is 1. The van der Waals surface area contributed by atoms with Crippen LogP contribution in [0.4, 0.5) is 0 Å². The first kappa shape index (κ1) is 16.1. The fourth-order valence-electron chi connectivity index (χ4n) is 3.01. The minimum Gasteiger partial charge on any atom is -0.388 e. The Balaban J connectivity index is 1.54. The first-order valence-electron chi connectivity index (χ1n) is 8.05. The number of aliphatic hydroxyl groups is 1. The van der Waals surface area contributed by atoms with Crippen LogP contribution in [0.5, 0.6) is 0 Å². The SMILES string of the molecule is Cc1nc(-c2ccc(CC(=O)NCC3(O)CCCC3)cc2)cs1. The van der Waals surface area contributed by atoms with Crippen LogP contribution in [0.25, 0.3) is 11.3 Å². The number of carbonyl (C=O) groups is 1. The fraction of sp³-hybridized carbons (Fsp3) is 0.444. The lowest BCUT2D eigenvalue weighted by atomic mass is 10.0. The van der Waals surface area contributed by atoms with Crippen molar-refractivity contribution in [1.29, 1.82) is 0 Å². The van der Waals surface area contributed by atoms with Crippen LogP contribution in [0.15, 0.2) is 29.6 Å². The van der Waals surface area contributed by atoms with Gasteiger partial charge in [0, 0.05) is 17.5 Å². The van der Waals surface area contributed by atoms with E-state index in [1.165, 1.54) is 0 Å². The molecule has 2 N–H and O–H groups in total. The summed E-state index contributed by atoms with van der Waals surface area (Å²) >= 11 is 1.63. The summed E-state index contributed by atoms with van der Waals surface area (Å²) in [6.45, 7) is 2.35. The van der Waals surface area contributed by atoms with Gasteiger partial charge in [-0.3, -0.25) is 4.79 Å². The Bertz CT molecular complexity index is 673. The van der Waals surface area contributed by atoms with E-state index in [9.17, 15) is 9.90 Å². The molecule has 4 nitrogen and oxygen atoms in total. The standard InChI is InChI=1S/C18H22N2O2S/c1-13-20-16(11-23-13)15-6-4-14(5-7-15)10-17(21)19-12-18(22)8-2-3-9-18/h4-7,11,22H,2-3,8-10,12H2,1H3,(H,19,21). The smallest absolute Gasteiger partial charge is 0.224 e. The second-order valence-electron chi connectivity index (χ2n) is 6.33. The van der Waals surface area contributed by atoms with E-state index in [4.69, 9.17) is 0 Å². The van der Waals surface area contributed by atoms with E-state index in [2.05, 4.69) is 10.3 Å². The van der Waals surface area contributed by atoms with E-state index < -0.39 is 5.60 Å². The first-order chi connectivity index (χ1) is 11.0. The van der Waals surface area contributed by atoms with Crippen LogP contribution < -0.4 is 5.32 Å². The number of rotatable bonds is 5. The van der Waals surface area contributed by atoms with Crippen LogP contribution in [-0.2, 0) is 11.2 Å². The Morgan fingerprint density at radius 2 is 2.00 bits per heavy atom. The van der Waals surface area contributed by atoms with Gasteiger partial charge in [0.2, 0.25) is 5.91 Å². The monoisotopic (exact) mass is 330 g/mol. The van der Waals surface area contributed by atoms with Crippen LogP contribution in [0.2, 0.25) is 0 Å². The second kappa shape index (κ2) is 6.81. The summed E-state index contributed by atoms with van der Waals surface area (Å²) < 4.78 is 0. The fourth-order valence-corrected chi connectivity index (χ4v) is 3.63. The van der Waals surface area contributed by atoms with Gasteiger partial charge in [0.05, 0.1) is 22.7 Å². The zero-order chi connectivity index (χ0) is 16.3. The Morgan fingerprint density at radius 3 is 2.61 bits per heavy atom. The highest BCUT2D eigenvalue weighted by Gasteiger charge is 2.31. The van der Waals surface area contributed by atoms with Gasteiger partial charge in [-0.1, -0.05) is 37.1 Å². The Labute approximate surface area is 140 Å². The van der Waals surface area contributed by atoms with Crippen molar-refractivity contribution in [2.24, 2.45) is 0 Å². The van der Waals surface area contributed by atoms with Crippen molar-refractivity contribution in [2.45, 2.75) is 44.6 Å². The molecule has 23 heavy (non-hydrogen) atoms. The van der Waals surface area contributed by atoms with Crippen LogP contribution in [0.3, 0.4) is 0 Å². The van der Waals surface area contributed by atoms with Crippen LogP contribution in [0, 0.1) is 6.92 Å². The van der Waals surface area contributed by atoms with Gasteiger partial charge < -0.3 is 10.4 Å². The molecule has 0 atom stereocenters. The number of thiazole rings is 1. The largest absolute Gasteiger partial charge is 0.388 e. The number of nitrogens with one attached hydrogen (secondary N) is 1. The van der Waals surface area contributed by atoms with Crippen molar-refractivity contribution in [3.8, 4) is 11.3 Å². The summed E-state index contributed by atoms with van der Waals surface area (Å²) in [6, 6.07) is 7.94. The Morgan fingerprint density at radius 1 is 1.30 bits per heavy atom. The van der Waals surface area contributed by atoms with Gasteiger partial charge in [-0.2, -0.15) is 0 Å². The molecule has 3 rings (SSSR count). The average molecular weight is 330 g/mol. The highest BCUT2D eigenvalue weighted by atomic mass is 32.1. The van der Waals surface area contributed by atoms with Crippen LogP contribution in [-0.4, -0.2) is 28.1 Å². The molecule has 0 unspecified atom stereocenters. The molecule has 5 heteroatoms. The molecule has 122 valence electrons. The van der Waals surface area contributed by atoms with E-state index in [0.29, 0.717) is 13.0 Å². The molecule has 1 aromatic heterocycles. The molecule has 2 aromatic rings. The van der Waals surface area contributed by atoms with E-state index >= 15 is 0 Å². The molecular weight excluding hydrogens is 308 g/mol. The summed E-state index contributed by atoms with van der Waals surface area (Å²) in [6.07, 6.45) is 4.00. The molecule has 1 aliphatic rings. The third-order valence-corrected chi connectivity index (χ3v) is 5.16. The lowest BCUT2D eigenvalue weighted by Gasteiger charge is -2.22. The number of carbonyl (C=O) groups excluding carboxylic acids is 1. The number of aryl methyl sites for hydroxylation is 1. The molecule has 1 amide bonds. The predicted molar refractivity (Wildman–Crippen MR) is 92.4 cm³/mol. The van der Waals surface area contributed by atoms with Crippen molar-refractivity contribution in [3.05, 3.63) is 40.2 Å². The lowest BCUT2D eigenvalue weighted by molar-refractivity contribution is -0.121. The average Bonchev–Trinajstić information content (AvgIpc) is 3.16. The molecule has 0 saturated heterocycles. The highest BCUT2D eigenvalue weighted by molar-refractivity contribution is 7.09. The molecule has 1 fully saturated rings. The van der Waals surface area contributed by atoms with E-state index in [-0.39, 0.29) is 5.91 Å². The Kier molecular flexibility index (Phi) is 4.78. The maximum absolute atomic E-state index is 12.0. The lowest BCUT2D eigenvalue weighted by Crippen LogP contribution is -2.41. The van der Waals surface area contributed by atoms with Crippen molar-refractivity contribution in [2.75, 3.05) is 6.54 Å². The van der Waals surface area contributed by atoms with Crippen LogP contribution >= 0.6 is 11.3 Å². The topological polar surface area (TPSA) is 62.2 Å². The van der Waals surface area contributed by atoms with Crippen molar-refractivity contribution in [3.63, 3.8) is 0 Å². The molecule has 0 bridgehead atoms. The quantitative estimate of drug-likeness (QED) is 0.885. The molecule has 0 spiro atoms. The van der Waals surface area contributed by atoms with Gasteiger partial charge in [-0.05, 0) is 25.3 Å². The maximum Gasteiger partial charge on any atom is 0.224 e. The highest BCUT2D eigenvalue weighted by Crippen LogP contribution is 2.28. The van der Waals surface area contributed by atoms with Crippen molar-refractivity contribution < 1.29 is 9.90 Å². The molecule has 1 aliphatic carbocycles. The summed E-state index contributed by atoms with van der Waals surface area (Å²) in [5.41, 5.74) is 2.32. The van der Waals surface area contributed by atoms with Gasteiger partial charge >= 0.3 is 0 Å². The summed E-state index contributed by atoms with van der Waals surface area (Å²) in [7, 11) is 0. The number of hydrogen-bond acceptors (Lipinski definition) is 4. The number of amides is 1. The minimum atomic E-state index is -0.692. The van der Waals surface area contributed by atoms with Gasteiger partial charge in [-0.15, -0.1) is 11.3 Å². The van der Waals surface area contributed by atoms with Crippen molar-refractivity contribution in [1.82, 2.24) is 10.3 Å². The van der Waals surface area contributed by atoms with E-state index in [1.54, 1.807) is 11.3 Å². The van der Waals surface area contributed by atoms with E-state index in [0.717, 1.165) is 47.5 Å². The Hall–Kier alpha value is -1.72. The van der Waals surface area contributed by atoms with Gasteiger partial charge in [0.25, 0.3) is 0 Å². The molecule has 0 aliphatic heterocycles. The normalized spacial score (nSPS) is 16.4. The number of nitrogens with zero attached hydrogens (tertiary/aromatic N) is 1. The van der Waals surface area contributed by atoms with Crippen molar-refractivity contribution >= 4 is 17.2 Å². The summed E-state index contributed by atoms with van der Waals surface area (Å²) in [5.74, 6) is -0.0393. The molecule has 1 saturated carbocycles. The van der Waals surface area contributed by atoms with Gasteiger partial charge in [-0.25, -0.2) is 4.98 Å². The first-order valence-corrected chi connectivity index (χ1v) is 8.93. The minimum absolute atomic E-state index is 0.0393. The molecular formula is C18H22N2O2S. The summed E-state index contributed by atoms with van der Waals surface area (Å²) in [5, 5.41) is 16.2. The zero-order valence-corrected chi connectivity index (χ0v) is 14.2. The zero-order valence-electron chi connectivity index (χ0n) is 13.3. The van der Waals surface area contributed by atoms with Gasteiger partial charge in [0.1, 0.15) is 0 Å². The number of hydrogen-bond donors (Lipinski definition) is 2. The second-order valence-corrected chi connectivity index (χ2v) is 7.40. The predicted octanol–water partition coefficient (Wildman–Crippen LogP) is 3.08. The van der Waals surface area contributed by atoms with E-state index in [1.807, 2.05) is 36.6 Å². The molecule has 1 heterocycles.